The van der Waals surface area contributed by atoms with Crippen LogP contribution in [0.2, 0.25) is 0 Å². The molecule has 0 bridgehead atoms. The highest BCUT2D eigenvalue weighted by molar-refractivity contribution is 7.89. The van der Waals surface area contributed by atoms with Crippen LogP contribution >= 0.6 is 22.7 Å². The second kappa shape index (κ2) is 6.15. The van der Waals surface area contributed by atoms with Gasteiger partial charge in [0.1, 0.15) is 4.90 Å². The number of rotatable bonds is 6. The molecule has 0 spiro atoms. The van der Waals surface area contributed by atoms with Gasteiger partial charge in [-0.1, -0.05) is 0 Å². The van der Waals surface area contributed by atoms with Crippen LogP contribution in [0.15, 0.2) is 27.1 Å². The van der Waals surface area contributed by atoms with Crippen molar-refractivity contribution in [3.63, 3.8) is 0 Å². The lowest BCUT2D eigenvalue weighted by atomic mass is 10.3. The fraction of sp³-hybridized carbons (Fsp3) is 0.333. The highest BCUT2D eigenvalue weighted by atomic mass is 32.2. The van der Waals surface area contributed by atoms with Gasteiger partial charge < -0.3 is 5.32 Å². The third kappa shape index (κ3) is 3.43. The molecule has 2 heterocycles. The van der Waals surface area contributed by atoms with Gasteiger partial charge in [0.05, 0.1) is 0 Å². The van der Waals surface area contributed by atoms with Crippen LogP contribution in [-0.2, 0) is 23.1 Å². The van der Waals surface area contributed by atoms with Crippen LogP contribution in [-0.4, -0.2) is 15.5 Å². The van der Waals surface area contributed by atoms with E-state index in [9.17, 15) is 8.42 Å². The van der Waals surface area contributed by atoms with Gasteiger partial charge in [0, 0.05) is 18.0 Å². The zero-order valence-corrected chi connectivity index (χ0v) is 13.2. The summed E-state index contributed by atoms with van der Waals surface area (Å²) in [5, 5.41) is 8.76. The second-order valence-corrected chi connectivity index (χ2v) is 7.61. The van der Waals surface area contributed by atoms with Crippen molar-refractivity contribution in [2.75, 3.05) is 7.05 Å². The molecule has 0 saturated heterocycles. The van der Waals surface area contributed by atoms with E-state index in [1.807, 2.05) is 36.2 Å². The molecule has 0 aliphatic carbocycles. The summed E-state index contributed by atoms with van der Waals surface area (Å²) in [6.07, 6.45) is 0. The van der Waals surface area contributed by atoms with E-state index in [2.05, 4.69) is 10.0 Å². The van der Waals surface area contributed by atoms with E-state index in [0.29, 0.717) is 18.0 Å². The molecule has 0 aromatic carbocycles. The Hall–Kier alpha value is -0.730. The maximum absolute atomic E-state index is 12.4. The number of aryl methyl sites for hydroxylation is 1. The van der Waals surface area contributed by atoms with E-state index in [1.54, 1.807) is 11.3 Å². The van der Waals surface area contributed by atoms with E-state index >= 15 is 0 Å². The predicted molar refractivity (Wildman–Crippen MR) is 80.2 cm³/mol. The van der Waals surface area contributed by atoms with Crippen molar-refractivity contribution in [3.05, 3.63) is 38.2 Å². The van der Waals surface area contributed by atoms with Gasteiger partial charge in [-0.15, -0.1) is 11.3 Å². The Bertz CT molecular complexity index is 630. The normalized spacial score (nSPS) is 11.9. The van der Waals surface area contributed by atoms with Gasteiger partial charge in [-0.25, -0.2) is 13.1 Å². The van der Waals surface area contributed by atoms with Gasteiger partial charge in [0.25, 0.3) is 0 Å². The first-order valence-corrected chi connectivity index (χ1v) is 9.07. The molecule has 0 fully saturated rings. The number of nitrogens with one attached hydrogen (secondary N) is 2. The fourth-order valence-corrected chi connectivity index (χ4v) is 5.28. The van der Waals surface area contributed by atoms with Gasteiger partial charge in [-0.05, 0) is 47.3 Å². The van der Waals surface area contributed by atoms with Crippen LogP contribution < -0.4 is 10.0 Å². The standard InChI is InChI=1S/C12H16N2O2S3/c1-9-7-18-11(6-13-2)12(9)19(15,16)14-5-10-3-4-17-8-10/h3-4,7-8,13-14H,5-6H2,1-2H3. The van der Waals surface area contributed by atoms with Crippen molar-refractivity contribution in [2.24, 2.45) is 0 Å². The summed E-state index contributed by atoms with van der Waals surface area (Å²) in [5.74, 6) is 0. The number of hydrogen-bond donors (Lipinski definition) is 2. The molecule has 104 valence electrons. The van der Waals surface area contributed by atoms with E-state index in [1.165, 1.54) is 11.3 Å². The molecule has 2 rings (SSSR count). The monoisotopic (exact) mass is 316 g/mol. The van der Waals surface area contributed by atoms with Crippen LogP contribution in [0.5, 0.6) is 0 Å². The summed E-state index contributed by atoms with van der Waals surface area (Å²) < 4.78 is 27.4. The van der Waals surface area contributed by atoms with E-state index in [4.69, 9.17) is 0 Å². The number of hydrogen-bond acceptors (Lipinski definition) is 5. The van der Waals surface area contributed by atoms with Crippen LogP contribution in [0.4, 0.5) is 0 Å². The Morgan fingerprint density at radius 3 is 2.68 bits per heavy atom. The average molecular weight is 316 g/mol. The lowest BCUT2D eigenvalue weighted by Crippen LogP contribution is -2.24. The molecule has 0 radical (unpaired) electrons. The second-order valence-electron chi connectivity index (χ2n) is 4.16. The highest BCUT2D eigenvalue weighted by Gasteiger charge is 2.22. The Labute approximate surface area is 121 Å². The zero-order valence-electron chi connectivity index (χ0n) is 10.8. The highest BCUT2D eigenvalue weighted by Crippen LogP contribution is 2.26. The summed E-state index contributed by atoms with van der Waals surface area (Å²) >= 11 is 3.03. The largest absolute Gasteiger partial charge is 0.315 e. The maximum Gasteiger partial charge on any atom is 0.242 e. The minimum Gasteiger partial charge on any atom is -0.315 e. The minimum absolute atomic E-state index is 0.333. The van der Waals surface area contributed by atoms with Crippen molar-refractivity contribution in [2.45, 2.75) is 24.9 Å². The molecule has 2 N–H and O–H groups in total. The molecule has 7 heteroatoms. The topological polar surface area (TPSA) is 58.2 Å². The molecule has 0 aliphatic heterocycles. The van der Waals surface area contributed by atoms with E-state index in [-0.39, 0.29) is 0 Å². The Kier molecular flexibility index (Phi) is 4.75. The predicted octanol–water partition coefficient (Wildman–Crippen LogP) is 2.32. The van der Waals surface area contributed by atoms with Crippen molar-refractivity contribution < 1.29 is 8.42 Å². The quantitative estimate of drug-likeness (QED) is 0.860. The van der Waals surface area contributed by atoms with Gasteiger partial charge in [0.15, 0.2) is 0 Å². The van der Waals surface area contributed by atoms with Crippen LogP contribution in [0.25, 0.3) is 0 Å². The molecule has 2 aromatic heterocycles. The Morgan fingerprint density at radius 1 is 1.26 bits per heavy atom. The third-order valence-corrected chi connectivity index (χ3v) is 6.24. The first-order valence-electron chi connectivity index (χ1n) is 5.77. The number of sulfonamides is 1. The minimum atomic E-state index is -3.45. The molecular formula is C12H16N2O2S3. The van der Waals surface area contributed by atoms with E-state index < -0.39 is 10.0 Å². The van der Waals surface area contributed by atoms with E-state index in [0.717, 1.165) is 16.0 Å². The smallest absolute Gasteiger partial charge is 0.242 e. The molecule has 0 saturated carbocycles. The summed E-state index contributed by atoms with van der Waals surface area (Å²) in [6, 6.07) is 1.92. The van der Waals surface area contributed by atoms with Gasteiger partial charge >= 0.3 is 0 Å². The lowest BCUT2D eigenvalue weighted by Gasteiger charge is -2.08. The molecule has 19 heavy (non-hydrogen) atoms. The fourth-order valence-electron chi connectivity index (χ4n) is 1.77. The van der Waals surface area contributed by atoms with Gasteiger partial charge in [0.2, 0.25) is 10.0 Å². The Balaban J connectivity index is 2.21. The summed E-state index contributed by atoms with van der Waals surface area (Å²) in [7, 11) is -1.64. The number of thiophene rings is 2. The van der Waals surface area contributed by atoms with Crippen LogP contribution in [0, 0.1) is 6.92 Å². The molecule has 2 aromatic rings. The SMILES string of the molecule is CNCc1scc(C)c1S(=O)(=O)NCc1ccsc1. The molecule has 4 nitrogen and oxygen atoms in total. The third-order valence-electron chi connectivity index (χ3n) is 2.64. The van der Waals surface area contributed by atoms with Crippen molar-refractivity contribution in [1.29, 1.82) is 0 Å². The zero-order chi connectivity index (χ0) is 13.9. The van der Waals surface area contributed by atoms with Gasteiger partial charge in [-0.2, -0.15) is 11.3 Å². The summed E-state index contributed by atoms with van der Waals surface area (Å²) in [4.78, 5) is 1.26. The summed E-state index contributed by atoms with van der Waals surface area (Å²) in [6.45, 7) is 2.72. The molecule has 0 aliphatic rings. The Morgan fingerprint density at radius 2 is 2.05 bits per heavy atom. The molecule has 0 atom stereocenters. The van der Waals surface area contributed by atoms with Crippen molar-refractivity contribution in [3.8, 4) is 0 Å². The lowest BCUT2D eigenvalue weighted by molar-refractivity contribution is 0.579. The van der Waals surface area contributed by atoms with Crippen molar-refractivity contribution in [1.82, 2.24) is 10.0 Å². The average Bonchev–Trinajstić information content (AvgIpc) is 2.97. The van der Waals surface area contributed by atoms with Gasteiger partial charge in [-0.3, -0.25) is 0 Å². The first-order chi connectivity index (χ1) is 9.04. The summed E-state index contributed by atoms with van der Waals surface area (Å²) in [5.41, 5.74) is 1.78. The maximum atomic E-state index is 12.4. The molecular weight excluding hydrogens is 300 g/mol. The molecule has 0 unspecified atom stereocenters. The molecule has 0 amide bonds. The first kappa shape index (κ1) is 14.7. The van der Waals surface area contributed by atoms with Crippen LogP contribution in [0.3, 0.4) is 0 Å². The van der Waals surface area contributed by atoms with Crippen molar-refractivity contribution >= 4 is 32.7 Å². The van der Waals surface area contributed by atoms with Crippen LogP contribution in [0.1, 0.15) is 16.0 Å².